The molecule has 0 fully saturated rings. The van der Waals surface area contributed by atoms with Crippen molar-refractivity contribution in [1.82, 2.24) is 9.88 Å². The molecule has 1 aromatic rings. The largest absolute Gasteiger partial charge is 0.326 e. The number of nitrogens with zero attached hydrogens (tertiary/aromatic N) is 2. The van der Waals surface area contributed by atoms with Crippen molar-refractivity contribution in [3.63, 3.8) is 0 Å². The van der Waals surface area contributed by atoms with Crippen LogP contribution in [0.15, 0.2) is 24.4 Å². The van der Waals surface area contributed by atoms with E-state index >= 15 is 0 Å². The Bertz CT molecular complexity index is 303. The lowest BCUT2D eigenvalue weighted by Gasteiger charge is -2.30. The quantitative estimate of drug-likeness (QED) is 0.835. The normalized spacial score (nSPS) is 15.4. The van der Waals surface area contributed by atoms with E-state index in [1.807, 2.05) is 6.07 Å². The molecule has 0 saturated heterocycles. The van der Waals surface area contributed by atoms with Gasteiger partial charge in [-0.25, -0.2) is 8.78 Å². The van der Waals surface area contributed by atoms with Gasteiger partial charge in [-0.05, 0) is 26.1 Å². The number of alkyl halides is 2. The fourth-order valence-corrected chi connectivity index (χ4v) is 1.78. The number of likely N-dealkylation sites (N-methyl/N-ethyl adjacent to an activating group) is 1. The molecule has 2 N–H and O–H groups in total. The molecule has 0 amide bonds. The molecule has 0 aromatic carbocycles. The number of halogens is 2. The van der Waals surface area contributed by atoms with E-state index in [1.54, 1.807) is 32.3 Å². The van der Waals surface area contributed by atoms with Crippen molar-refractivity contribution >= 4 is 0 Å². The summed E-state index contributed by atoms with van der Waals surface area (Å²) in [6.45, 7) is 1.49. The number of nitrogens with two attached hydrogens (primary N) is 1. The molecule has 3 nitrogen and oxygen atoms in total. The Morgan fingerprint density at radius 3 is 2.56 bits per heavy atom. The Morgan fingerprint density at radius 2 is 2.12 bits per heavy atom. The van der Waals surface area contributed by atoms with Crippen LogP contribution in [0.4, 0.5) is 8.78 Å². The molecule has 90 valence electrons. The van der Waals surface area contributed by atoms with Gasteiger partial charge in [0.25, 0.3) is 6.43 Å². The zero-order valence-corrected chi connectivity index (χ0v) is 9.48. The van der Waals surface area contributed by atoms with E-state index in [-0.39, 0.29) is 18.6 Å². The predicted molar refractivity (Wildman–Crippen MR) is 59.3 cm³/mol. The Kier molecular flexibility index (Phi) is 4.76. The van der Waals surface area contributed by atoms with Crippen LogP contribution in [0.25, 0.3) is 0 Å². The number of hydrogen-bond acceptors (Lipinski definition) is 3. The fourth-order valence-electron chi connectivity index (χ4n) is 1.78. The Labute approximate surface area is 94.3 Å². The van der Waals surface area contributed by atoms with Crippen LogP contribution in [0.2, 0.25) is 0 Å². The molecular formula is C11H17F2N3. The lowest BCUT2D eigenvalue weighted by atomic mass is 10.1. The first kappa shape index (κ1) is 13.0. The minimum atomic E-state index is -2.37. The third kappa shape index (κ3) is 3.50. The molecule has 0 spiro atoms. The van der Waals surface area contributed by atoms with Crippen LogP contribution >= 0.6 is 0 Å². The molecule has 0 aliphatic carbocycles. The Hall–Kier alpha value is -1.07. The maximum absolute atomic E-state index is 12.3. The van der Waals surface area contributed by atoms with Crippen LogP contribution in [-0.4, -0.2) is 35.9 Å². The molecule has 1 rings (SSSR count). The summed E-state index contributed by atoms with van der Waals surface area (Å²) in [5.41, 5.74) is 6.54. The molecular weight excluding hydrogens is 212 g/mol. The number of rotatable bonds is 5. The Morgan fingerprint density at radius 1 is 1.44 bits per heavy atom. The van der Waals surface area contributed by atoms with Gasteiger partial charge in [0.1, 0.15) is 0 Å². The summed E-state index contributed by atoms with van der Waals surface area (Å²) in [7, 11) is 1.63. The van der Waals surface area contributed by atoms with Crippen molar-refractivity contribution in [3.05, 3.63) is 30.1 Å². The van der Waals surface area contributed by atoms with Crippen molar-refractivity contribution in [2.45, 2.75) is 25.4 Å². The molecule has 5 heteroatoms. The summed E-state index contributed by atoms with van der Waals surface area (Å²) in [6, 6.07) is 4.88. The van der Waals surface area contributed by atoms with Crippen LogP contribution in [0.3, 0.4) is 0 Å². The van der Waals surface area contributed by atoms with Gasteiger partial charge in [0.15, 0.2) is 0 Å². The lowest BCUT2D eigenvalue weighted by Crippen LogP contribution is -2.39. The first-order valence-corrected chi connectivity index (χ1v) is 5.17. The summed E-state index contributed by atoms with van der Waals surface area (Å²) >= 11 is 0. The van der Waals surface area contributed by atoms with E-state index in [0.717, 1.165) is 5.69 Å². The van der Waals surface area contributed by atoms with Gasteiger partial charge < -0.3 is 5.73 Å². The van der Waals surface area contributed by atoms with Crippen molar-refractivity contribution in [1.29, 1.82) is 0 Å². The van der Waals surface area contributed by atoms with Gasteiger partial charge >= 0.3 is 0 Å². The molecule has 0 aliphatic rings. The summed E-state index contributed by atoms with van der Waals surface area (Å²) < 4.78 is 24.6. The first-order chi connectivity index (χ1) is 7.52. The average Bonchev–Trinajstić information content (AvgIpc) is 2.17. The molecule has 1 heterocycles. The van der Waals surface area contributed by atoms with Gasteiger partial charge in [0.05, 0.1) is 18.3 Å². The van der Waals surface area contributed by atoms with Crippen molar-refractivity contribution in [3.8, 4) is 0 Å². The standard InChI is InChI=1S/C11H17F2N3/c1-8(14)11(16(2)7-10(12)13)9-5-3-4-6-15-9/h3-6,8,10-11H,7,14H2,1-2H3. The van der Waals surface area contributed by atoms with Crippen molar-refractivity contribution < 1.29 is 8.78 Å². The average molecular weight is 229 g/mol. The maximum atomic E-state index is 12.3. The molecule has 2 atom stereocenters. The van der Waals surface area contributed by atoms with E-state index in [1.165, 1.54) is 4.90 Å². The zero-order valence-electron chi connectivity index (χ0n) is 9.48. The first-order valence-electron chi connectivity index (χ1n) is 5.17. The van der Waals surface area contributed by atoms with Crippen LogP contribution in [-0.2, 0) is 0 Å². The molecule has 0 radical (unpaired) electrons. The van der Waals surface area contributed by atoms with E-state index in [2.05, 4.69) is 4.98 Å². The van der Waals surface area contributed by atoms with E-state index < -0.39 is 6.43 Å². The Balaban J connectivity index is 2.83. The highest BCUT2D eigenvalue weighted by Gasteiger charge is 2.24. The number of pyridine rings is 1. The SMILES string of the molecule is CC(N)C(c1ccccn1)N(C)CC(F)F. The third-order valence-electron chi connectivity index (χ3n) is 2.39. The monoisotopic (exact) mass is 229 g/mol. The molecule has 0 aliphatic heterocycles. The van der Waals surface area contributed by atoms with Crippen molar-refractivity contribution in [2.24, 2.45) is 5.73 Å². The summed E-state index contributed by atoms with van der Waals surface area (Å²) in [6.07, 6.45) is -0.726. The number of hydrogen-bond donors (Lipinski definition) is 1. The topological polar surface area (TPSA) is 42.1 Å². The van der Waals surface area contributed by atoms with Gasteiger partial charge in [-0.3, -0.25) is 9.88 Å². The second-order valence-corrected chi connectivity index (χ2v) is 3.89. The van der Waals surface area contributed by atoms with Crippen LogP contribution in [0, 0.1) is 0 Å². The summed E-state index contributed by atoms with van der Waals surface area (Å²) in [4.78, 5) is 5.70. The minimum Gasteiger partial charge on any atom is -0.326 e. The molecule has 0 saturated carbocycles. The third-order valence-corrected chi connectivity index (χ3v) is 2.39. The second-order valence-electron chi connectivity index (χ2n) is 3.89. The highest BCUT2D eigenvalue weighted by Crippen LogP contribution is 2.20. The number of aromatic nitrogens is 1. The fraction of sp³-hybridized carbons (Fsp3) is 0.545. The van der Waals surface area contributed by atoms with E-state index in [9.17, 15) is 8.78 Å². The molecule has 16 heavy (non-hydrogen) atoms. The lowest BCUT2D eigenvalue weighted by molar-refractivity contribution is 0.0744. The zero-order chi connectivity index (χ0) is 12.1. The van der Waals surface area contributed by atoms with Gasteiger partial charge in [0.2, 0.25) is 0 Å². The molecule has 2 unspecified atom stereocenters. The predicted octanol–water partition coefficient (Wildman–Crippen LogP) is 1.67. The maximum Gasteiger partial charge on any atom is 0.251 e. The second kappa shape index (κ2) is 5.86. The van der Waals surface area contributed by atoms with Gasteiger partial charge in [-0.2, -0.15) is 0 Å². The van der Waals surface area contributed by atoms with Gasteiger partial charge in [-0.15, -0.1) is 0 Å². The van der Waals surface area contributed by atoms with Crippen LogP contribution in [0.1, 0.15) is 18.7 Å². The highest BCUT2D eigenvalue weighted by atomic mass is 19.3. The van der Waals surface area contributed by atoms with E-state index in [4.69, 9.17) is 5.73 Å². The van der Waals surface area contributed by atoms with Gasteiger partial charge in [0, 0.05) is 12.2 Å². The van der Waals surface area contributed by atoms with E-state index in [0.29, 0.717) is 0 Å². The van der Waals surface area contributed by atoms with Crippen LogP contribution in [0.5, 0.6) is 0 Å². The van der Waals surface area contributed by atoms with Gasteiger partial charge in [-0.1, -0.05) is 6.07 Å². The molecule has 1 aromatic heterocycles. The highest BCUT2D eigenvalue weighted by molar-refractivity contribution is 5.10. The van der Waals surface area contributed by atoms with Crippen molar-refractivity contribution in [2.75, 3.05) is 13.6 Å². The molecule has 0 bridgehead atoms. The smallest absolute Gasteiger partial charge is 0.251 e. The van der Waals surface area contributed by atoms with Crippen LogP contribution < -0.4 is 5.73 Å². The summed E-state index contributed by atoms with van der Waals surface area (Å²) in [5, 5.41) is 0. The minimum absolute atomic E-state index is 0.251. The summed E-state index contributed by atoms with van der Waals surface area (Å²) in [5.74, 6) is 0.